The van der Waals surface area contributed by atoms with Crippen molar-refractivity contribution in [1.29, 1.82) is 0 Å². The second-order valence-corrected chi connectivity index (χ2v) is 9.81. The zero-order chi connectivity index (χ0) is 28.7. The van der Waals surface area contributed by atoms with Crippen molar-refractivity contribution in [2.45, 2.75) is 71.7 Å². The zero-order valence-corrected chi connectivity index (χ0v) is 22.8. The van der Waals surface area contributed by atoms with Crippen molar-refractivity contribution in [3.63, 3.8) is 0 Å². The van der Waals surface area contributed by atoms with Gasteiger partial charge in [-0.3, -0.25) is 9.48 Å². The number of rotatable bonds is 13. The summed E-state index contributed by atoms with van der Waals surface area (Å²) in [5.41, 5.74) is 0.558. The Labute approximate surface area is 229 Å². The van der Waals surface area contributed by atoms with Crippen LogP contribution in [0.25, 0.3) is 0 Å². The number of nitrogens with zero attached hydrogens (tertiary/aromatic N) is 3. The summed E-state index contributed by atoms with van der Waals surface area (Å²) in [5, 5.41) is 13.2. The largest absolute Gasteiger partial charge is 0.491 e. The number of carbonyl (C=O) groups is 1. The van der Waals surface area contributed by atoms with Gasteiger partial charge in [0.05, 0.1) is 24.7 Å². The minimum Gasteiger partial charge on any atom is -0.491 e. The van der Waals surface area contributed by atoms with Gasteiger partial charge in [0, 0.05) is 30.1 Å². The van der Waals surface area contributed by atoms with E-state index in [1.165, 1.54) is 0 Å². The van der Waals surface area contributed by atoms with Crippen LogP contribution in [0.4, 0.5) is 13.2 Å². The molecule has 0 unspecified atom stereocenters. The van der Waals surface area contributed by atoms with Crippen LogP contribution in [0.3, 0.4) is 0 Å². The van der Waals surface area contributed by atoms with E-state index in [1.54, 1.807) is 22.9 Å². The number of carboxylic acids is 1. The van der Waals surface area contributed by atoms with Crippen LogP contribution in [-0.2, 0) is 23.8 Å². The average molecular weight is 570 g/mol. The summed E-state index contributed by atoms with van der Waals surface area (Å²) in [4.78, 5) is 14.7. The van der Waals surface area contributed by atoms with Gasteiger partial charge in [-0.1, -0.05) is 17.7 Å². The van der Waals surface area contributed by atoms with Crippen LogP contribution in [0.2, 0.25) is 5.02 Å². The molecule has 0 spiro atoms. The maximum Gasteiger partial charge on any atom is 0.417 e. The normalized spacial score (nSPS) is 11.7. The van der Waals surface area contributed by atoms with Crippen molar-refractivity contribution in [1.82, 2.24) is 14.8 Å². The molecule has 212 valence electrons. The number of aryl methyl sites for hydroxylation is 2. The highest BCUT2D eigenvalue weighted by atomic mass is 35.5. The summed E-state index contributed by atoms with van der Waals surface area (Å²) < 4.78 is 58.1. The lowest BCUT2D eigenvalue weighted by Crippen LogP contribution is -2.09. The van der Waals surface area contributed by atoms with Gasteiger partial charge in [0.1, 0.15) is 16.5 Å². The Kier molecular flexibility index (Phi) is 10.1. The van der Waals surface area contributed by atoms with Gasteiger partial charge in [-0.25, -0.2) is 4.98 Å². The first kappa shape index (κ1) is 30.1. The second-order valence-electron chi connectivity index (χ2n) is 9.40. The molecule has 0 atom stereocenters. The minimum absolute atomic E-state index is 0.00501. The van der Waals surface area contributed by atoms with Crippen LogP contribution in [-0.4, -0.2) is 38.6 Å². The molecule has 0 saturated heterocycles. The number of aromatic nitrogens is 3. The SMILES string of the molecule is CC(C)Oc1ccc(CCCOc2cc(CCC(=O)O)n(C(C)C)n2)c(Oc2ncc(C(F)(F)F)cc2Cl)c1. The summed E-state index contributed by atoms with van der Waals surface area (Å²) in [5.74, 6) is 0.238. The van der Waals surface area contributed by atoms with E-state index < -0.39 is 17.7 Å². The summed E-state index contributed by atoms with van der Waals surface area (Å²) in [6.07, 6.45) is -2.60. The number of alkyl halides is 3. The van der Waals surface area contributed by atoms with Crippen molar-refractivity contribution >= 4 is 17.6 Å². The number of hydrogen-bond donors (Lipinski definition) is 1. The molecular weight excluding hydrogens is 539 g/mol. The number of aliphatic carboxylic acids is 1. The molecule has 0 fully saturated rings. The highest BCUT2D eigenvalue weighted by Crippen LogP contribution is 2.36. The summed E-state index contributed by atoms with van der Waals surface area (Å²) in [7, 11) is 0. The number of carboxylic acid groups (broad SMARTS) is 1. The van der Waals surface area contributed by atoms with E-state index in [2.05, 4.69) is 10.1 Å². The predicted molar refractivity (Wildman–Crippen MR) is 139 cm³/mol. The van der Waals surface area contributed by atoms with E-state index in [0.717, 1.165) is 17.3 Å². The molecule has 2 aromatic heterocycles. The first-order valence-corrected chi connectivity index (χ1v) is 12.8. The van der Waals surface area contributed by atoms with E-state index in [0.29, 0.717) is 49.4 Å². The van der Waals surface area contributed by atoms with E-state index in [1.807, 2.05) is 33.8 Å². The van der Waals surface area contributed by atoms with E-state index in [9.17, 15) is 18.0 Å². The Morgan fingerprint density at radius 3 is 2.49 bits per heavy atom. The molecular formula is C27H31ClF3N3O5. The van der Waals surface area contributed by atoms with Gasteiger partial charge < -0.3 is 19.3 Å². The molecule has 2 heterocycles. The molecule has 0 aliphatic heterocycles. The van der Waals surface area contributed by atoms with Gasteiger partial charge in [-0.05, 0) is 64.7 Å². The lowest BCUT2D eigenvalue weighted by atomic mass is 10.1. The maximum absolute atomic E-state index is 13.0. The molecule has 8 nitrogen and oxygen atoms in total. The molecule has 12 heteroatoms. The zero-order valence-electron chi connectivity index (χ0n) is 22.1. The lowest BCUT2D eigenvalue weighted by Gasteiger charge is -2.16. The number of pyridine rings is 1. The molecule has 3 rings (SSSR count). The summed E-state index contributed by atoms with van der Waals surface area (Å²) in [6.45, 7) is 7.96. The topological polar surface area (TPSA) is 95.7 Å². The highest BCUT2D eigenvalue weighted by molar-refractivity contribution is 6.31. The third-order valence-corrected chi connectivity index (χ3v) is 5.74. The van der Waals surface area contributed by atoms with Crippen LogP contribution >= 0.6 is 11.6 Å². The molecule has 39 heavy (non-hydrogen) atoms. The number of halogens is 4. The fourth-order valence-electron chi connectivity index (χ4n) is 3.73. The van der Waals surface area contributed by atoms with E-state index in [-0.39, 0.29) is 29.5 Å². The third-order valence-electron chi connectivity index (χ3n) is 5.47. The Balaban J connectivity index is 1.71. The van der Waals surface area contributed by atoms with Gasteiger partial charge in [0.25, 0.3) is 0 Å². The molecule has 0 aliphatic carbocycles. The molecule has 1 aromatic carbocycles. The van der Waals surface area contributed by atoms with Crippen molar-refractivity contribution < 1.29 is 37.3 Å². The van der Waals surface area contributed by atoms with Gasteiger partial charge in [0.15, 0.2) is 0 Å². The van der Waals surface area contributed by atoms with Gasteiger partial charge in [-0.15, -0.1) is 5.10 Å². The van der Waals surface area contributed by atoms with Crippen molar-refractivity contribution in [3.05, 3.63) is 58.4 Å². The Morgan fingerprint density at radius 2 is 1.87 bits per heavy atom. The highest BCUT2D eigenvalue weighted by Gasteiger charge is 2.32. The molecule has 0 aliphatic rings. The van der Waals surface area contributed by atoms with Crippen molar-refractivity contribution in [2.75, 3.05) is 6.61 Å². The molecule has 0 radical (unpaired) electrons. The average Bonchev–Trinajstić information content (AvgIpc) is 3.25. The van der Waals surface area contributed by atoms with Crippen LogP contribution in [0.15, 0.2) is 36.5 Å². The van der Waals surface area contributed by atoms with Gasteiger partial charge >= 0.3 is 12.1 Å². The Hall–Kier alpha value is -3.47. The fraction of sp³-hybridized carbons (Fsp3) is 0.444. The lowest BCUT2D eigenvalue weighted by molar-refractivity contribution is -0.138. The fourth-order valence-corrected chi connectivity index (χ4v) is 3.93. The molecule has 0 amide bonds. The maximum atomic E-state index is 13.0. The van der Waals surface area contributed by atoms with Gasteiger partial charge in [-0.2, -0.15) is 13.2 Å². The van der Waals surface area contributed by atoms with Crippen molar-refractivity contribution in [3.8, 4) is 23.3 Å². The quantitative estimate of drug-likeness (QED) is 0.219. The Bertz CT molecular complexity index is 1280. The first-order chi connectivity index (χ1) is 18.3. The smallest absolute Gasteiger partial charge is 0.417 e. The van der Waals surface area contributed by atoms with Crippen molar-refractivity contribution in [2.24, 2.45) is 0 Å². The molecule has 3 aromatic rings. The molecule has 0 bridgehead atoms. The predicted octanol–water partition coefficient (Wildman–Crippen LogP) is 7.14. The first-order valence-electron chi connectivity index (χ1n) is 12.5. The molecule has 1 N–H and O–H groups in total. The second kappa shape index (κ2) is 13.1. The van der Waals surface area contributed by atoms with E-state index >= 15 is 0 Å². The standard InChI is InChI=1S/C27H31ClF3N3O5/c1-16(2)34-20(8-10-25(35)36)13-24(33-34)37-11-5-6-18-7-9-21(38-17(3)4)14-23(18)39-26-22(28)12-19(15-32-26)27(29,30)31/h7,9,12-17H,5-6,8,10-11H2,1-4H3,(H,35,36). The number of hydrogen-bond acceptors (Lipinski definition) is 6. The minimum atomic E-state index is -4.58. The monoisotopic (exact) mass is 569 g/mol. The summed E-state index contributed by atoms with van der Waals surface area (Å²) >= 11 is 6.05. The van der Waals surface area contributed by atoms with Crippen LogP contribution in [0.5, 0.6) is 23.3 Å². The number of ether oxygens (including phenoxy) is 3. The third kappa shape index (κ3) is 8.77. The van der Waals surface area contributed by atoms with Crippen LogP contribution in [0, 0.1) is 0 Å². The van der Waals surface area contributed by atoms with Crippen LogP contribution in [0.1, 0.15) is 63.4 Å². The van der Waals surface area contributed by atoms with Gasteiger partial charge in [0.2, 0.25) is 11.8 Å². The van der Waals surface area contributed by atoms with E-state index in [4.69, 9.17) is 30.9 Å². The Morgan fingerprint density at radius 1 is 1.13 bits per heavy atom. The molecule has 0 saturated carbocycles. The van der Waals surface area contributed by atoms with Crippen LogP contribution < -0.4 is 14.2 Å². The number of benzene rings is 1. The summed E-state index contributed by atoms with van der Waals surface area (Å²) in [6, 6.07) is 7.79.